The molecule has 0 aliphatic heterocycles. The average molecular weight is 272 g/mol. The first-order valence-electron chi connectivity index (χ1n) is 5.28. The second kappa shape index (κ2) is 6.90. The summed E-state index contributed by atoms with van der Waals surface area (Å²) in [5, 5.41) is 15.1. The zero-order valence-corrected chi connectivity index (χ0v) is 11.1. The molecule has 0 aliphatic carbocycles. The van der Waals surface area contributed by atoms with Crippen molar-refractivity contribution in [1.82, 2.24) is 14.7 Å². The maximum Gasteiger partial charge on any atom is 0.325 e. The molecule has 0 spiro atoms. The first-order valence-corrected chi connectivity index (χ1v) is 6.67. The Hall–Kier alpha value is -1.70. The summed E-state index contributed by atoms with van der Waals surface area (Å²) in [5.41, 5.74) is 0.484. The number of amides is 2. The number of nitrogens with one attached hydrogen (secondary N) is 1. The van der Waals surface area contributed by atoms with Crippen LogP contribution in [-0.4, -0.2) is 57.4 Å². The highest BCUT2D eigenvalue weighted by Crippen LogP contribution is 2.06. The van der Waals surface area contributed by atoms with E-state index in [9.17, 15) is 9.59 Å². The Kier molecular flexibility index (Phi) is 5.50. The molecule has 0 saturated carbocycles. The molecule has 100 valence electrons. The van der Waals surface area contributed by atoms with Gasteiger partial charge >= 0.3 is 12.0 Å². The molecule has 0 bridgehead atoms. The van der Waals surface area contributed by atoms with Gasteiger partial charge in [-0.1, -0.05) is 0 Å². The van der Waals surface area contributed by atoms with Crippen molar-refractivity contribution in [2.24, 2.45) is 0 Å². The molecule has 0 unspecified atom stereocenters. The van der Waals surface area contributed by atoms with Crippen molar-refractivity contribution in [3.8, 4) is 0 Å². The molecule has 2 amide bonds. The lowest BCUT2D eigenvalue weighted by atomic mass is 10.5. The van der Waals surface area contributed by atoms with E-state index in [-0.39, 0.29) is 12.6 Å². The van der Waals surface area contributed by atoms with Crippen LogP contribution in [0.1, 0.15) is 0 Å². The number of anilines is 1. The second-order valence-corrected chi connectivity index (χ2v) is 4.65. The van der Waals surface area contributed by atoms with Gasteiger partial charge in [-0.3, -0.25) is 9.48 Å². The zero-order valence-electron chi connectivity index (χ0n) is 10.3. The first-order chi connectivity index (χ1) is 8.52. The number of aromatic nitrogens is 2. The Morgan fingerprint density at radius 1 is 1.61 bits per heavy atom. The molecular formula is C10H16N4O3S. The van der Waals surface area contributed by atoms with Crippen LogP contribution in [0.2, 0.25) is 0 Å². The number of nitrogens with zero attached hydrogens (tertiary/aromatic N) is 3. The number of carboxylic acid groups (broad SMARTS) is 1. The molecule has 7 nitrogen and oxygen atoms in total. The Morgan fingerprint density at radius 3 is 2.94 bits per heavy atom. The van der Waals surface area contributed by atoms with Crippen LogP contribution in [-0.2, 0) is 11.3 Å². The fourth-order valence-electron chi connectivity index (χ4n) is 1.20. The van der Waals surface area contributed by atoms with Gasteiger partial charge in [-0.25, -0.2) is 4.79 Å². The fourth-order valence-corrected chi connectivity index (χ4v) is 1.66. The summed E-state index contributed by atoms with van der Waals surface area (Å²) >= 11 is 1.66. The molecule has 0 radical (unpaired) electrons. The van der Waals surface area contributed by atoms with Gasteiger partial charge in [0, 0.05) is 25.5 Å². The highest BCUT2D eigenvalue weighted by atomic mass is 32.2. The van der Waals surface area contributed by atoms with E-state index >= 15 is 0 Å². The third kappa shape index (κ3) is 4.66. The van der Waals surface area contributed by atoms with Crippen molar-refractivity contribution in [3.05, 3.63) is 12.4 Å². The van der Waals surface area contributed by atoms with Gasteiger partial charge in [0.1, 0.15) is 6.54 Å². The minimum Gasteiger partial charge on any atom is -0.480 e. The molecule has 1 heterocycles. The van der Waals surface area contributed by atoms with Crippen molar-refractivity contribution in [2.75, 3.05) is 30.9 Å². The number of rotatable bonds is 6. The number of thioether (sulfide) groups is 1. The summed E-state index contributed by atoms with van der Waals surface area (Å²) in [5.74, 6) is -0.115. The van der Waals surface area contributed by atoms with Crippen molar-refractivity contribution < 1.29 is 14.7 Å². The van der Waals surface area contributed by atoms with Gasteiger partial charge in [0.25, 0.3) is 0 Å². The predicted octanol–water partition coefficient (Wildman–Crippen LogP) is 0.794. The van der Waals surface area contributed by atoms with Crippen LogP contribution in [0, 0.1) is 0 Å². The standard InChI is InChI=1S/C10H16N4O3S/c1-13(3-4-18-2)10(17)12-8-5-11-14(6-8)7-9(15)16/h5-6H,3-4,7H2,1-2H3,(H,12,17)(H,15,16). The Balaban J connectivity index is 2.48. The SMILES string of the molecule is CSCCN(C)C(=O)Nc1cnn(CC(=O)O)c1. The number of hydrogen-bond donors (Lipinski definition) is 2. The maximum absolute atomic E-state index is 11.7. The van der Waals surface area contributed by atoms with Crippen LogP contribution in [0.25, 0.3) is 0 Å². The molecular weight excluding hydrogens is 256 g/mol. The quantitative estimate of drug-likeness (QED) is 0.799. The third-order valence-electron chi connectivity index (χ3n) is 2.16. The van der Waals surface area contributed by atoms with Crippen molar-refractivity contribution in [1.29, 1.82) is 0 Å². The molecule has 1 aromatic rings. The molecule has 8 heteroatoms. The van der Waals surface area contributed by atoms with Gasteiger partial charge in [-0.05, 0) is 6.26 Å². The summed E-state index contributed by atoms with van der Waals surface area (Å²) in [6.45, 7) is 0.425. The van der Waals surface area contributed by atoms with E-state index in [1.54, 1.807) is 23.7 Å². The van der Waals surface area contributed by atoms with Gasteiger partial charge in [0.05, 0.1) is 11.9 Å². The second-order valence-electron chi connectivity index (χ2n) is 3.66. The number of urea groups is 1. The number of carbonyl (C=O) groups excluding carboxylic acids is 1. The number of hydrogen-bond acceptors (Lipinski definition) is 4. The van der Waals surface area contributed by atoms with Crippen LogP contribution >= 0.6 is 11.8 Å². The summed E-state index contributed by atoms with van der Waals surface area (Å²) in [7, 11) is 1.70. The van der Waals surface area contributed by atoms with E-state index in [4.69, 9.17) is 5.11 Å². The lowest BCUT2D eigenvalue weighted by molar-refractivity contribution is -0.137. The van der Waals surface area contributed by atoms with E-state index in [0.717, 1.165) is 5.75 Å². The van der Waals surface area contributed by atoms with E-state index in [0.29, 0.717) is 12.2 Å². The topological polar surface area (TPSA) is 87.5 Å². The van der Waals surface area contributed by atoms with Crippen LogP contribution in [0.3, 0.4) is 0 Å². The Morgan fingerprint density at radius 2 is 2.33 bits per heavy atom. The highest BCUT2D eigenvalue weighted by Gasteiger charge is 2.10. The van der Waals surface area contributed by atoms with E-state index in [1.807, 2.05) is 6.26 Å². The number of carboxylic acids is 1. The molecule has 1 rings (SSSR count). The van der Waals surface area contributed by atoms with E-state index in [2.05, 4.69) is 10.4 Å². The molecule has 0 saturated heterocycles. The van der Waals surface area contributed by atoms with Gasteiger partial charge in [-0.15, -0.1) is 0 Å². The van der Waals surface area contributed by atoms with Gasteiger partial charge < -0.3 is 15.3 Å². The monoisotopic (exact) mass is 272 g/mol. The minimum absolute atomic E-state index is 0.224. The lowest BCUT2D eigenvalue weighted by Gasteiger charge is -2.16. The number of aliphatic carboxylic acids is 1. The number of carbonyl (C=O) groups is 2. The van der Waals surface area contributed by atoms with Crippen molar-refractivity contribution in [3.63, 3.8) is 0 Å². The zero-order chi connectivity index (χ0) is 13.5. The average Bonchev–Trinajstić information content (AvgIpc) is 2.72. The normalized spacial score (nSPS) is 10.1. The molecule has 0 fully saturated rings. The van der Waals surface area contributed by atoms with Crippen LogP contribution in [0.4, 0.5) is 10.5 Å². The first kappa shape index (κ1) is 14.4. The third-order valence-corrected chi connectivity index (χ3v) is 2.75. The molecule has 1 aromatic heterocycles. The summed E-state index contributed by atoms with van der Waals surface area (Å²) in [4.78, 5) is 23.7. The van der Waals surface area contributed by atoms with Gasteiger partial charge in [0.15, 0.2) is 0 Å². The highest BCUT2D eigenvalue weighted by molar-refractivity contribution is 7.98. The van der Waals surface area contributed by atoms with E-state index in [1.165, 1.54) is 17.1 Å². The van der Waals surface area contributed by atoms with Gasteiger partial charge in [-0.2, -0.15) is 16.9 Å². The Labute approximate surface area is 109 Å². The minimum atomic E-state index is -0.979. The van der Waals surface area contributed by atoms with Gasteiger partial charge in [0.2, 0.25) is 0 Å². The summed E-state index contributed by atoms with van der Waals surface area (Å²) in [6.07, 6.45) is 4.87. The largest absolute Gasteiger partial charge is 0.480 e. The van der Waals surface area contributed by atoms with Crippen molar-refractivity contribution >= 4 is 29.4 Å². The maximum atomic E-state index is 11.7. The summed E-state index contributed by atoms with van der Waals surface area (Å²) in [6, 6.07) is -0.237. The predicted molar refractivity (Wildman–Crippen MR) is 69.9 cm³/mol. The van der Waals surface area contributed by atoms with Crippen LogP contribution in [0.5, 0.6) is 0 Å². The van der Waals surface area contributed by atoms with Crippen LogP contribution in [0.15, 0.2) is 12.4 Å². The smallest absolute Gasteiger partial charge is 0.325 e. The molecule has 0 aliphatic rings. The molecule has 0 atom stereocenters. The fraction of sp³-hybridized carbons (Fsp3) is 0.500. The molecule has 18 heavy (non-hydrogen) atoms. The van der Waals surface area contributed by atoms with Crippen LogP contribution < -0.4 is 5.32 Å². The molecule has 2 N–H and O–H groups in total. The van der Waals surface area contributed by atoms with E-state index < -0.39 is 5.97 Å². The molecule has 0 aromatic carbocycles. The lowest BCUT2D eigenvalue weighted by Crippen LogP contribution is -2.32. The Bertz CT molecular complexity index is 421. The van der Waals surface area contributed by atoms with Crippen molar-refractivity contribution in [2.45, 2.75) is 6.54 Å². The summed E-state index contributed by atoms with van der Waals surface area (Å²) < 4.78 is 1.25.